The Balaban J connectivity index is 0.000000413. The summed E-state index contributed by atoms with van der Waals surface area (Å²) in [5.74, 6) is -7.08. The highest BCUT2D eigenvalue weighted by Gasteiger charge is 2.39. The third kappa shape index (κ3) is 15.7. The fraction of sp³-hybridized carbons (Fsp3) is 0.400. The Morgan fingerprint density at radius 1 is 0.870 bits per heavy atom. The largest absolute Gasteiger partial charge is 0.490 e. The molecule has 21 heteroatoms. The van der Waals surface area contributed by atoms with Gasteiger partial charge in [0, 0.05) is 51.3 Å². The topological polar surface area (TPSA) is 149 Å². The summed E-state index contributed by atoms with van der Waals surface area (Å²) in [7, 11) is 2.13. The minimum atomic E-state index is -5.08. The highest BCUT2D eigenvalue weighted by molar-refractivity contribution is 7.07. The molecule has 1 aliphatic rings. The van der Waals surface area contributed by atoms with Crippen molar-refractivity contribution in [3.8, 4) is 0 Å². The molecule has 3 N–H and O–H groups in total. The molecule has 0 atom stereocenters. The maximum atomic E-state index is 10.6. The number of carbonyl (C=O) groups is 3. The molecule has 0 saturated heterocycles. The molecule has 256 valence electrons. The summed E-state index contributed by atoms with van der Waals surface area (Å²) in [6, 6.07) is 6.31. The number of aromatic nitrogens is 3. The summed E-state index contributed by atoms with van der Waals surface area (Å²) in [5, 5.41) is 25.8. The van der Waals surface area contributed by atoms with E-state index in [0.717, 1.165) is 45.0 Å². The fourth-order valence-electron chi connectivity index (χ4n) is 3.35. The van der Waals surface area contributed by atoms with Gasteiger partial charge in [-0.2, -0.15) is 50.9 Å². The van der Waals surface area contributed by atoms with Crippen LogP contribution in [0.4, 0.5) is 39.5 Å². The zero-order valence-corrected chi connectivity index (χ0v) is 24.3. The number of carboxylic acids is 3. The van der Waals surface area contributed by atoms with E-state index in [9.17, 15) is 39.5 Å². The van der Waals surface area contributed by atoms with Crippen molar-refractivity contribution in [2.24, 2.45) is 0 Å². The van der Waals surface area contributed by atoms with Crippen molar-refractivity contribution in [1.29, 1.82) is 0 Å². The van der Waals surface area contributed by atoms with Crippen LogP contribution in [0, 0.1) is 0 Å². The van der Waals surface area contributed by atoms with Gasteiger partial charge in [0.1, 0.15) is 5.82 Å². The molecule has 11 nitrogen and oxygen atoms in total. The second kappa shape index (κ2) is 17.5. The van der Waals surface area contributed by atoms with Crippen LogP contribution in [0.15, 0.2) is 47.5 Å². The Morgan fingerprint density at radius 2 is 1.41 bits per heavy atom. The zero-order valence-electron chi connectivity index (χ0n) is 23.5. The van der Waals surface area contributed by atoms with Crippen molar-refractivity contribution in [3.05, 3.63) is 70.2 Å². The predicted molar refractivity (Wildman–Crippen MR) is 141 cm³/mol. The number of imidazole rings is 1. The lowest BCUT2D eigenvalue weighted by atomic mass is 10.2. The minimum Gasteiger partial charge on any atom is -0.475 e. The Hall–Kier alpha value is -4.24. The van der Waals surface area contributed by atoms with Gasteiger partial charge < -0.3 is 19.9 Å². The first kappa shape index (κ1) is 39.8. The van der Waals surface area contributed by atoms with Crippen LogP contribution in [0.3, 0.4) is 0 Å². The number of aliphatic carboxylic acids is 3. The first-order valence-electron chi connectivity index (χ1n) is 12.4. The first-order chi connectivity index (χ1) is 21.1. The lowest BCUT2D eigenvalue weighted by molar-refractivity contribution is -0.193. The standard InChI is InChI=1S/C19H23N5S.3C2HF3O2/c1-22(10-16-3-2-5-20-9-16)12-18-13-24-7-6-23(14-19(24)21-18)11-17-4-8-25-15-17;3*3-2(4,5)1(6)7/h2-5,8-9,13,15H,6-7,10-12,14H2,1H3;3*(H,6,7). The summed E-state index contributed by atoms with van der Waals surface area (Å²) in [6.07, 6.45) is -9.29. The van der Waals surface area contributed by atoms with Gasteiger partial charge in [-0.15, -0.1) is 0 Å². The molecule has 0 saturated carbocycles. The summed E-state index contributed by atoms with van der Waals surface area (Å²) in [6.45, 7) is 5.82. The molecule has 0 bridgehead atoms. The molecule has 0 aromatic carbocycles. The van der Waals surface area contributed by atoms with E-state index in [1.165, 1.54) is 17.0 Å². The first-order valence-corrected chi connectivity index (χ1v) is 13.3. The molecular weight excluding hydrogens is 669 g/mol. The van der Waals surface area contributed by atoms with Crippen molar-refractivity contribution < 1.29 is 69.2 Å². The molecule has 0 aliphatic carbocycles. The average molecular weight is 696 g/mol. The van der Waals surface area contributed by atoms with Crippen LogP contribution in [-0.2, 0) is 47.1 Å². The van der Waals surface area contributed by atoms with Crippen molar-refractivity contribution >= 4 is 29.2 Å². The van der Waals surface area contributed by atoms with Crippen molar-refractivity contribution in [2.45, 2.75) is 51.3 Å². The summed E-state index contributed by atoms with van der Waals surface area (Å²) in [4.78, 5) is 40.5. The summed E-state index contributed by atoms with van der Waals surface area (Å²) in [5.41, 5.74) is 3.79. The minimum absolute atomic E-state index is 0.861. The third-order valence-corrected chi connectivity index (χ3v) is 5.98. The second-order valence-electron chi connectivity index (χ2n) is 9.13. The van der Waals surface area contributed by atoms with Gasteiger partial charge in [0.25, 0.3) is 0 Å². The van der Waals surface area contributed by atoms with Gasteiger partial charge in [-0.3, -0.25) is 14.8 Å². The number of alkyl halides is 9. The Labute approximate surface area is 258 Å². The maximum Gasteiger partial charge on any atom is 0.490 e. The van der Waals surface area contributed by atoms with E-state index in [2.05, 4.69) is 55.5 Å². The Bertz CT molecular complexity index is 1320. The fourth-order valence-corrected chi connectivity index (χ4v) is 4.01. The van der Waals surface area contributed by atoms with E-state index < -0.39 is 36.4 Å². The molecule has 1 aliphatic heterocycles. The van der Waals surface area contributed by atoms with Crippen LogP contribution >= 0.6 is 11.3 Å². The number of thiophene rings is 1. The highest BCUT2D eigenvalue weighted by Crippen LogP contribution is 2.18. The molecule has 0 spiro atoms. The van der Waals surface area contributed by atoms with E-state index in [1.807, 2.05) is 18.5 Å². The predicted octanol–water partition coefficient (Wildman–Crippen LogP) is 4.89. The number of rotatable bonds is 6. The van der Waals surface area contributed by atoms with Gasteiger partial charge in [-0.05, 0) is 41.1 Å². The monoisotopic (exact) mass is 695 g/mol. The van der Waals surface area contributed by atoms with Gasteiger partial charge in [0.15, 0.2) is 0 Å². The molecule has 3 aromatic rings. The molecule has 0 amide bonds. The average Bonchev–Trinajstić information content (AvgIpc) is 3.58. The van der Waals surface area contributed by atoms with Crippen molar-refractivity contribution in [1.82, 2.24) is 24.3 Å². The highest BCUT2D eigenvalue weighted by atomic mass is 32.1. The summed E-state index contributed by atoms with van der Waals surface area (Å²) >= 11 is 1.77. The van der Waals surface area contributed by atoms with Crippen LogP contribution < -0.4 is 0 Å². The molecule has 4 rings (SSSR count). The molecule has 0 unspecified atom stereocenters. The van der Waals surface area contributed by atoms with E-state index in [4.69, 9.17) is 34.7 Å². The number of halogens is 9. The van der Waals surface area contributed by atoms with Gasteiger partial charge in [-0.1, -0.05) is 6.07 Å². The van der Waals surface area contributed by atoms with Crippen LogP contribution in [-0.4, -0.2) is 89.7 Å². The van der Waals surface area contributed by atoms with Crippen LogP contribution in [0.1, 0.15) is 22.6 Å². The maximum absolute atomic E-state index is 10.6. The van der Waals surface area contributed by atoms with E-state index >= 15 is 0 Å². The normalized spacial score (nSPS) is 13.2. The SMILES string of the molecule is CN(Cc1cccnc1)Cc1cn2c(n1)CN(Cc1ccsc1)CC2.O=C(O)C(F)(F)F.O=C(O)C(F)(F)F.O=C(O)C(F)(F)F. The number of hydrogen-bond acceptors (Lipinski definition) is 8. The number of carboxylic acid groups (broad SMARTS) is 3. The van der Waals surface area contributed by atoms with Gasteiger partial charge >= 0.3 is 36.4 Å². The van der Waals surface area contributed by atoms with E-state index in [0.29, 0.717) is 0 Å². The zero-order chi connectivity index (χ0) is 35.3. The third-order valence-electron chi connectivity index (χ3n) is 5.25. The lowest BCUT2D eigenvalue weighted by Gasteiger charge is -2.27. The molecule has 46 heavy (non-hydrogen) atoms. The lowest BCUT2D eigenvalue weighted by Crippen LogP contribution is -2.33. The van der Waals surface area contributed by atoms with Crippen LogP contribution in [0.2, 0.25) is 0 Å². The van der Waals surface area contributed by atoms with Gasteiger partial charge in [0.2, 0.25) is 0 Å². The molecule has 0 radical (unpaired) electrons. The quantitative estimate of drug-likeness (QED) is 0.305. The van der Waals surface area contributed by atoms with E-state index in [1.54, 1.807) is 11.3 Å². The van der Waals surface area contributed by atoms with Gasteiger partial charge in [0.05, 0.1) is 12.2 Å². The van der Waals surface area contributed by atoms with Crippen LogP contribution in [0.25, 0.3) is 0 Å². The smallest absolute Gasteiger partial charge is 0.475 e. The number of fused-ring (bicyclic) bond motifs is 1. The number of pyridine rings is 1. The number of nitrogens with zero attached hydrogens (tertiary/aromatic N) is 5. The van der Waals surface area contributed by atoms with E-state index in [-0.39, 0.29) is 0 Å². The summed E-state index contributed by atoms with van der Waals surface area (Å²) < 4.78 is 97.5. The Morgan fingerprint density at radius 3 is 1.85 bits per heavy atom. The Kier molecular flexibility index (Phi) is 15.1. The number of hydrogen-bond donors (Lipinski definition) is 3. The van der Waals surface area contributed by atoms with Gasteiger partial charge in [-0.25, -0.2) is 19.4 Å². The molecular formula is C25H26F9N5O6S. The van der Waals surface area contributed by atoms with Crippen molar-refractivity contribution in [2.75, 3.05) is 13.6 Å². The molecule has 4 heterocycles. The molecule has 0 fully saturated rings. The second-order valence-corrected chi connectivity index (χ2v) is 9.91. The van der Waals surface area contributed by atoms with Crippen molar-refractivity contribution in [3.63, 3.8) is 0 Å². The molecule has 3 aromatic heterocycles. The van der Waals surface area contributed by atoms with Crippen LogP contribution in [0.5, 0.6) is 0 Å².